The molecule has 0 amide bonds. The van der Waals surface area contributed by atoms with Gasteiger partial charge in [-0.1, -0.05) is 0 Å². The molecular weight excluding hydrogens is 380 g/mol. The maximum atomic E-state index is 12.5. The van der Waals surface area contributed by atoms with Crippen molar-refractivity contribution in [1.82, 2.24) is 29.7 Å². The van der Waals surface area contributed by atoms with Gasteiger partial charge >= 0.3 is 0 Å². The molecule has 0 aromatic carbocycles. The molecule has 5 rings (SSSR count). The van der Waals surface area contributed by atoms with Crippen LogP contribution in [0.5, 0.6) is 0 Å². The van der Waals surface area contributed by atoms with E-state index in [0.717, 1.165) is 36.7 Å². The third kappa shape index (κ3) is 3.34. The van der Waals surface area contributed by atoms with Crippen LogP contribution in [-0.2, 0) is 7.05 Å². The Bertz CT molecular complexity index is 1230. The first-order chi connectivity index (χ1) is 14.7. The first-order valence-corrected chi connectivity index (χ1v) is 9.74. The highest BCUT2D eigenvalue weighted by Crippen LogP contribution is 2.24. The molecule has 1 N–H and O–H groups in total. The second-order valence-electron chi connectivity index (χ2n) is 7.34. The summed E-state index contributed by atoms with van der Waals surface area (Å²) in [6.45, 7) is 2.46. The molecule has 30 heavy (non-hydrogen) atoms. The quantitative estimate of drug-likeness (QED) is 0.540. The van der Waals surface area contributed by atoms with E-state index in [9.17, 15) is 4.79 Å². The summed E-state index contributed by atoms with van der Waals surface area (Å²) < 4.78 is 1.53. The minimum Gasteiger partial charge on any atom is -0.355 e. The van der Waals surface area contributed by atoms with Gasteiger partial charge in [0.2, 0.25) is 5.95 Å². The monoisotopic (exact) mass is 400 g/mol. The second kappa shape index (κ2) is 7.51. The molecule has 1 fully saturated rings. The van der Waals surface area contributed by atoms with Crippen LogP contribution in [0.25, 0.3) is 22.3 Å². The topological polar surface area (TPSA) is 102 Å². The van der Waals surface area contributed by atoms with E-state index in [1.54, 1.807) is 37.8 Å². The van der Waals surface area contributed by atoms with Crippen LogP contribution in [0.1, 0.15) is 0 Å². The van der Waals surface area contributed by atoms with Gasteiger partial charge in [0.15, 0.2) is 11.5 Å². The Kier molecular flexibility index (Phi) is 4.55. The summed E-state index contributed by atoms with van der Waals surface area (Å²) in [6, 6.07) is 11.3. The van der Waals surface area contributed by atoms with Gasteiger partial charge in [0.25, 0.3) is 5.56 Å². The molecule has 0 radical (unpaired) electrons. The molecule has 150 valence electrons. The molecule has 0 unspecified atom stereocenters. The predicted molar refractivity (Wildman–Crippen MR) is 114 cm³/mol. The Morgan fingerprint density at radius 2 is 1.90 bits per heavy atom. The summed E-state index contributed by atoms with van der Waals surface area (Å²) in [5.41, 5.74) is 2.19. The first-order valence-electron chi connectivity index (χ1n) is 9.74. The van der Waals surface area contributed by atoms with Gasteiger partial charge < -0.3 is 10.2 Å². The Labute approximate surface area is 172 Å². The fourth-order valence-corrected chi connectivity index (χ4v) is 3.56. The minimum absolute atomic E-state index is 0.101. The molecular formula is C21H20N8O. The van der Waals surface area contributed by atoms with Gasteiger partial charge in [-0.2, -0.15) is 4.98 Å². The number of pyridine rings is 2. The number of anilines is 2. The van der Waals surface area contributed by atoms with Gasteiger partial charge in [0.05, 0.1) is 11.1 Å². The van der Waals surface area contributed by atoms with E-state index in [2.05, 4.69) is 35.4 Å². The lowest BCUT2D eigenvalue weighted by molar-refractivity contribution is 0.424. The van der Waals surface area contributed by atoms with Gasteiger partial charge in [0, 0.05) is 56.8 Å². The van der Waals surface area contributed by atoms with Gasteiger partial charge in [-0.25, -0.2) is 4.98 Å². The molecule has 0 aliphatic carbocycles. The maximum absolute atomic E-state index is 12.5. The van der Waals surface area contributed by atoms with E-state index in [4.69, 9.17) is 0 Å². The molecule has 0 bridgehead atoms. The second-order valence-corrected chi connectivity index (χ2v) is 7.34. The van der Waals surface area contributed by atoms with Crippen molar-refractivity contribution in [3.63, 3.8) is 0 Å². The lowest BCUT2D eigenvalue weighted by Gasteiger charge is -2.40. The third-order valence-corrected chi connectivity index (χ3v) is 5.31. The molecule has 0 saturated carbocycles. The van der Waals surface area contributed by atoms with Gasteiger partial charge in [0.1, 0.15) is 0 Å². The zero-order valence-electron chi connectivity index (χ0n) is 16.4. The fraction of sp³-hybridized carbons (Fsp3) is 0.238. The number of nitrogens with zero attached hydrogens (tertiary/aromatic N) is 7. The molecule has 4 aromatic rings. The van der Waals surface area contributed by atoms with Crippen molar-refractivity contribution < 1.29 is 0 Å². The van der Waals surface area contributed by atoms with E-state index < -0.39 is 0 Å². The van der Waals surface area contributed by atoms with Crippen LogP contribution >= 0.6 is 0 Å². The molecule has 0 atom stereocenters. The Balaban J connectivity index is 1.21. The van der Waals surface area contributed by atoms with Crippen molar-refractivity contribution in [2.45, 2.75) is 0 Å². The third-order valence-electron chi connectivity index (χ3n) is 5.31. The summed E-state index contributed by atoms with van der Waals surface area (Å²) in [5.74, 6) is 1.83. The van der Waals surface area contributed by atoms with E-state index in [0.29, 0.717) is 22.9 Å². The van der Waals surface area contributed by atoms with E-state index in [-0.39, 0.29) is 5.56 Å². The summed E-state index contributed by atoms with van der Waals surface area (Å²) in [7, 11) is 1.72. The van der Waals surface area contributed by atoms with Crippen LogP contribution in [-0.4, -0.2) is 49.4 Å². The van der Waals surface area contributed by atoms with Gasteiger partial charge in [-0.3, -0.25) is 14.3 Å². The number of fused-ring (bicyclic) bond motifs is 1. The zero-order chi connectivity index (χ0) is 20.5. The van der Waals surface area contributed by atoms with Crippen molar-refractivity contribution in [3.05, 3.63) is 65.3 Å². The highest BCUT2D eigenvalue weighted by Gasteiger charge is 2.28. The average Bonchev–Trinajstić information content (AvgIpc) is 2.77. The van der Waals surface area contributed by atoms with E-state index >= 15 is 0 Å². The van der Waals surface area contributed by atoms with Crippen LogP contribution in [0.2, 0.25) is 0 Å². The highest BCUT2D eigenvalue weighted by atomic mass is 16.1. The molecule has 5 heterocycles. The van der Waals surface area contributed by atoms with Crippen LogP contribution in [0, 0.1) is 5.92 Å². The normalized spacial score (nSPS) is 14.0. The van der Waals surface area contributed by atoms with Crippen LogP contribution in [0.4, 0.5) is 11.8 Å². The Morgan fingerprint density at radius 1 is 1.07 bits per heavy atom. The predicted octanol–water partition coefficient (Wildman–Crippen LogP) is 1.73. The van der Waals surface area contributed by atoms with Crippen molar-refractivity contribution in [2.24, 2.45) is 13.0 Å². The van der Waals surface area contributed by atoms with E-state index in [1.165, 1.54) is 4.57 Å². The number of aromatic nitrogens is 6. The minimum atomic E-state index is -0.101. The number of nitrogens with one attached hydrogen (secondary N) is 1. The molecule has 1 aliphatic heterocycles. The summed E-state index contributed by atoms with van der Waals surface area (Å²) in [5, 5.41) is 12.5. The molecule has 1 aliphatic rings. The highest BCUT2D eigenvalue weighted by molar-refractivity contribution is 5.74. The van der Waals surface area contributed by atoms with E-state index in [1.807, 2.05) is 24.3 Å². The van der Waals surface area contributed by atoms with Gasteiger partial charge in [-0.15, -0.1) is 10.2 Å². The van der Waals surface area contributed by atoms with Crippen molar-refractivity contribution in [2.75, 3.05) is 29.9 Å². The Hall–Kier alpha value is -3.88. The molecule has 9 heteroatoms. The molecule has 4 aromatic heterocycles. The number of rotatable bonds is 5. The lowest BCUT2D eigenvalue weighted by Crippen LogP contribution is -2.50. The van der Waals surface area contributed by atoms with Crippen molar-refractivity contribution >= 4 is 22.8 Å². The lowest BCUT2D eigenvalue weighted by atomic mass is 10.0. The Morgan fingerprint density at radius 3 is 2.67 bits per heavy atom. The molecule has 0 spiro atoms. The van der Waals surface area contributed by atoms with Crippen molar-refractivity contribution in [3.8, 4) is 11.3 Å². The first kappa shape index (κ1) is 18.2. The maximum Gasteiger partial charge on any atom is 0.264 e. The summed E-state index contributed by atoms with van der Waals surface area (Å²) >= 11 is 0. The fourth-order valence-electron chi connectivity index (χ4n) is 3.56. The summed E-state index contributed by atoms with van der Waals surface area (Å²) in [6.07, 6.45) is 5.13. The van der Waals surface area contributed by atoms with Crippen LogP contribution < -0.4 is 15.8 Å². The van der Waals surface area contributed by atoms with Crippen molar-refractivity contribution in [1.29, 1.82) is 0 Å². The molecule has 9 nitrogen and oxygen atoms in total. The molecule has 1 saturated heterocycles. The average molecular weight is 400 g/mol. The summed E-state index contributed by atoms with van der Waals surface area (Å²) in [4.78, 5) is 27.3. The SMILES string of the molecule is Cn1c(NCC2CN(c3ccc(-c4ccncc4)nn3)C2)nc2ncccc2c1=O. The van der Waals surface area contributed by atoms with Crippen LogP contribution in [0.15, 0.2) is 59.8 Å². The largest absolute Gasteiger partial charge is 0.355 e. The zero-order valence-corrected chi connectivity index (χ0v) is 16.4. The number of hydrogen-bond donors (Lipinski definition) is 1. The van der Waals surface area contributed by atoms with Gasteiger partial charge in [-0.05, 0) is 36.4 Å². The smallest absolute Gasteiger partial charge is 0.264 e. The number of hydrogen-bond acceptors (Lipinski definition) is 8. The van der Waals surface area contributed by atoms with Crippen LogP contribution in [0.3, 0.4) is 0 Å². The standard InChI is InChI=1S/C21H20N8O/c1-28-20(30)16-3-2-8-23-19(16)25-21(28)24-11-14-12-29(13-14)18-5-4-17(26-27-18)15-6-9-22-10-7-15/h2-10,14H,11-13H2,1H3,(H,23,24,25).